The summed E-state index contributed by atoms with van der Waals surface area (Å²) < 4.78 is 36.1. The molecule has 2 aliphatic rings. The van der Waals surface area contributed by atoms with Crippen LogP contribution in [0.2, 0.25) is 0 Å². The number of halogens is 1. The van der Waals surface area contributed by atoms with Gasteiger partial charge in [-0.2, -0.15) is 0 Å². The molecule has 0 aliphatic carbocycles. The van der Waals surface area contributed by atoms with Gasteiger partial charge in [0.25, 0.3) is 5.91 Å². The fraction of sp³-hybridized carbons (Fsp3) is 0.333. The maximum absolute atomic E-state index is 13.8. The lowest BCUT2D eigenvalue weighted by atomic mass is 9.96. The number of carbonyl (C=O) groups excluding carboxylic acids is 1. The minimum Gasteiger partial charge on any atom is -0.503 e. The van der Waals surface area contributed by atoms with E-state index in [2.05, 4.69) is 15.9 Å². The second-order valence-corrected chi connectivity index (χ2v) is 11.9. The molecule has 34 heavy (non-hydrogen) atoms. The van der Waals surface area contributed by atoms with Crippen molar-refractivity contribution < 1.29 is 27.5 Å². The molecule has 0 spiro atoms. The van der Waals surface area contributed by atoms with E-state index in [1.807, 2.05) is 13.8 Å². The van der Waals surface area contributed by atoms with Gasteiger partial charge in [0.05, 0.1) is 40.1 Å². The molecule has 0 bridgehead atoms. The third-order valence-corrected chi connectivity index (χ3v) is 9.07. The molecule has 3 aromatic rings. The van der Waals surface area contributed by atoms with E-state index in [1.165, 1.54) is 12.0 Å². The molecule has 1 saturated heterocycles. The third kappa shape index (κ3) is 3.42. The molecule has 2 aliphatic heterocycles. The molecule has 2 unspecified atom stereocenters. The van der Waals surface area contributed by atoms with Crippen molar-refractivity contribution in [3.05, 3.63) is 67.0 Å². The van der Waals surface area contributed by atoms with Crippen molar-refractivity contribution in [3.63, 3.8) is 0 Å². The number of aryl methyl sites for hydroxylation is 2. The highest BCUT2D eigenvalue weighted by atomic mass is 79.9. The van der Waals surface area contributed by atoms with E-state index in [0.717, 1.165) is 11.1 Å². The maximum atomic E-state index is 13.8. The Bertz CT molecular complexity index is 1540. The SMILES string of the molecule is COc1cc(C2c3c(oc4cc(C)c(C)cc4c3=O)C(=O)N2C2CCS(=O)(=O)C2)cc(Br)c1O. The number of ether oxygens (including phenoxy) is 1. The van der Waals surface area contributed by atoms with Crippen LogP contribution in [0.15, 0.2) is 37.9 Å². The average Bonchev–Trinajstić information content (AvgIpc) is 3.28. The molecule has 1 aromatic heterocycles. The van der Waals surface area contributed by atoms with Gasteiger partial charge in [0.15, 0.2) is 26.8 Å². The Balaban J connectivity index is 1.81. The highest BCUT2D eigenvalue weighted by Crippen LogP contribution is 2.45. The van der Waals surface area contributed by atoms with Crippen LogP contribution in [0.5, 0.6) is 11.5 Å². The predicted octanol–water partition coefficient (Wildman–Crippen LogP) is 3.62. The summed E-state index contributed by atoms with van der Waals surface area (Å²) in [5.41, 5.74) is 2.45. The highest BCUT2D eigenvalue weighted by molar-refractivity contribution is 9.10. The maximum Gasteiger partial charge on any atom is 0.291 e. The van der Waals surface area contributed by atoms with Gasteiger partial charge in [-0.15, -0.1) is 0 Å². The number of fused-ring (bicyclic) bond motifs is 2. The number of phenolic OH excluding ortho intramolecular Hbond substituents is 1. The number of aromatic hydroxyl groups is 1. The van der Waals surface area contributed by atoms with E-state index >= 15 is 0 Å². The zero-order valence-corrected chi connectivity index (χ0v) is 21.1. The molecular formula is C24H22BrNO7S. The molecule has 0 saturated carbocycles. The Hall–Kier alpha value is -2.85. The quantitative estimate of drug-likeness (QED) is 0.532. The van der Waals surface area contributed by atoms with Gasteiger partial charge < -0.3 is 19.2 Å². The first-order chi connectivity index (χ1) is 16.0. The minimum atomic E-state index is -3.31. The van der Waals surface area contributed by atoms with Crippen LogP contribution in [0.1, 0.15) is 45.3 Å². The fourth-order valence-electron chi connectivity index (χ4n) is 4.85. The molecule has 10 heteroatoms. The second kappa shape index (κ2) is 7.84. The van der Waals surface area contributed by atoms with Gasteiger partial charge in [0.2, 0.25) is 5.76 Å². The Labute approximate surface area is 204 Å². The third-order valence-electron chi connectivity index (χ3n) is 6.71. The smallest absolute Gasteiger partial charge is 0.291 e. The van der Waals surface area contributed by atoms with E-state index in [0.29, 0.717) is 21.0 Å². The number of hydrogen-bond acceptors (Lipinski definition) is 7. The standard InChI is InChI=1S/C24H22BrNO7S/c1-11-6-15-17(7-12(11)2)33-23-19(21(15)27)20(13-8-16(25)22(28)18(9-13)32-3)26(24(23)29)14-4-5-34(30,31)10-14/h6-9,14,20,28H,4-5,10H2,1-3H3. The summed E-state index contributed by atoms with van der Waals surface area (Å²) in [6, 6.07) is 5.12. The Morgan fingerprint density at radius 2 is 1.85 bits per heavy atom. The van der Waals surface area contributed by atoms with E-state index in [4.69, 9.17) is 9.15 Å². The fourth-order valence-corrected chi connectivity index (χ4v) is 7.02. The zero-order chi connectivity index (χ0) is 24.5. The van der Waals surface area contributed by atoms with Crippen LogP contribution in [0.3, 0.4) is 0 Å². The zero-order valence-electron chi connectivity index (χ0n) is 18.7. The van der Waals surface area contributed by atoms with Crippen molar-refractivity contribution in [1.82, 2.24) is 4.90 Å². The Morgan fingerprint density at radius 1 is 1.15 bits per heavy atom. The molecule has 2 aromatic carbocycles. The lowest BCUT2D eigenvalue weighted by molar-refractivity contribution is 0.0662. The summed E-state index contributed by atoms with van der Waals surface area (Å²) in [5, 5.41) is 10.7. The van der Waals surface area contributed by atoms with E-state index in [-0.39, 0.29) is 46.2 Å². The van der Waals surface area contributed by atoms with Crippen molar-refractivity contribution >= 4 is 42.6 Å². The number of rotatable bonds is 3. The number of methoxy groups -OCH3 is 1. The second-order valence-electron chi connectivity index (χ2n) is 8.83. The summed E-state index contributed by atoms with van der Waals surface area (Å²) in [5.74, 6) is -0.801. The van der Waals surface area contributed by atoms with Gasteiger partial charge >= 0.3 is 0 Å². The monoisotopic (exact) mass is 547 g/mol. The lowest BCUT2D eigenvalue weighted by Gasteiger charge is -2.30. The van der Waals surface area contributed by atoms with Crippen LogP contribution in [0, 0.1) is 13.8 Å². The predicted molar refractivity (Wildman–Crippen MR) is 129 cm³/mol. The Morgan fingerprint density at radius 3 is 2.50 bits per heavy atom. The molecular weight excluding hydrogens is 526 g/mol. The largest absolute Gasteiger partial charge is 0.503 e. The summed E-state index contributed by atoms with van der Waals surface area (Å²) >= 11 is 3.31. The van der Waals surface area contributed by atoms with Crippen LogP contribution in [-0.2, 0) is 9.84 Å². The van der Waals surface area contributed by atoms with Gasteiger partial charge in [0, 0.05) is 6.04 Å². The molecule has 1 amide bonds. The number of nitrogens with zero attached hydrogens (tertiary/aromatic N) is 1. The average molecular weight is 548 g/mol. The normalized spacial score (nSPS) is 21.3. The number of amides is 1. The van der Waals surface area contributed by atoms with Crippen molar-refractivity contribution in [2.24, 2.45) is 0 Å². The van der Waals surface area contributed by atoms with Crippen LogP contribution >= 0.6 is 15.9 Å². The number of benzene rings is 2. The first kappa shape index (κ1) is 22.9. The van der Waals surface area contributed by atoms with E-state index in [9.17, 15) is 23.1 Å². The van der Waals surface area contributed by atoms with Crippen LogP contribution < -0.4 is 10.2 Å². The number of carbonyl (C=O) groups is 1. The summed E-state index contributed by atoms with van der Waals surface area (Å²) in [6.07, 6.45) is 0.265. The highest BCUT2D eigenvalue weighted by Gasteiger charge is 2.48. The summed E-state index contributed by atoms with van der Waals surface area (Å²) in [7, 11) is -1.92. The minimum absolute atomic E-state index is 0.0329. The van der Waals surface area contributed by atoms with Gasteiger partial charge in [-0.3, -0.25) is 9.59 Å². The summed E-state index contributed by atoms with van der Waals surface area (Å²) in [6.45, 7) is 3.78. The molecule has 1 fully saturated rings. The summed E-state index contributed by atoms with van der Waals surface area (Å²) in [4.78, 5) is 28.8. The Kier molecular flexibility index (Phi) is 5.29. The van der Waals surface area contributed by atoms with Crippen LogP contribution in [0.25, 0.3) is 11.0 Å². The molecule has 1 N–H and O–H groups in total. The van der Waals surface area contributed by atoms with Gasteiger partial charge in [-0.25, -0.2) is 8.42 Å². The van der Waals surface area contributed by atoms with Crippen LogP contribution in [0.4, 0.5) is 0 Å². The first-order valence-corrected chi connectivity index (χ1v) is 13.3. The number of phenols is 1. The van der Waals surface area contributed by atoms with E-state index < -0.39 is 27.8 Å². The van der Waals surface area contributed by atoms with Crippen molar-refractivity contribution in [2.45, 2.75) is 32.4 Å². The lowest BCUT2D eigenvalue weighted by Crippen LogP contribution is -2.40. The number of sulfone groups is 1. The van der Waals surface area contributed by atoms with Crippen molar-refractivity contribution in [3.8, 4) is 11.5 Å². The molecule has 5 rings (SSSR count). The van der Waals surface area contributed by atoms with Gasteiger partial charge in [-0.05, 0) is 77.2 Å². The molecule has 178 valence electrons. The molecule has 0 radical (unpaired) electrons. The van der Waals surface area contributed by atoms with Crippen molar-refractivity contribution in [1.29, 1.82) is 0 Å². The topological polar surface area (TPSA) is 114 Å². The molecule has 8 nitrogen and oxygen atoms in total. The van der Waals surface area contributed by atoms with Crippen molar-refractivity contribution in [2.75, 3.05) is 18.6 Å². The van der Waals surface area contributed by atoms with Crippen LogP contribution in [-0.4, -0.2) is 49.0 Å². The molecule has 2 atom stereocenters. The van der Waals surface area contributed by atoms with Gasteiger partial charge in [-0.1, -0.05) is 0 Å². The molecule has 3 heterocycles. The van der Waals surface area contributed by atoms with Gasteiger partial charge in [0.1, 0.15) is 5.58 Å². The number of hydrogen-bond donors (Lipinski definition) is 1. The van der Waals surface area contributed by atoms with E-state index in [1.54, 1.807) is 24.3 Å². The first-order valence-electron chi connectivity index (χ1n) is 10.7.